The molecule has 0 radical (unpaired) electrons. The molecule has 1 N–H and O–H groups in total. The van der Waals surface area contributed by atoms with Crippen LogP contribution in [-0.2, 0) is 14.8 Å². The zero-order chi connectivity index (χ0) is 15.6. The van der Waals surface area contributed by atoms with Crippen LogP contribution in [0.1, 0.15) is 25.3 Å². The second kappa shape index (κ2) is 6.34. The van der Waals surface area contributed by atoms with Crippen LogP contribution in [0.2, 0.25) is 5.02 Å². The van der Waals surface area contributed by atoms with Gasteiger partial charge in [0.1, 0.15) is 0 Å². The normalized spacial score (nSPS) is 15.0. The Bertz CT molecular complexity index is 642. The topological polar surface area (TPSA) is 66.5 Å². The molecule has 1 saturated carbocycles. The molecule has 1 aromatic carbocycles. The van der Waals surface area contributed by atoms with Gasteiger partial charge in [-0.05, 0) is 43.5 Å². The molecule has 0 aromatic heterocycles. The summed E-state index contributed by atoms with van der Waals surface area (Å²) in [5, 5.41) is 0.533. The molecule has 1 amide bonds. The van der Waals surface area contributed by atoms with E-state index in [1.54, 1.807) is 17.9 Å². The molecule has 0 atom stereocenters. The van der Waals surface area contributed by atoms with Gasteiger partial charge in [0.25, 0.3) is 0 Å². The maximum Gasteiger partial charge on any atom is 0.240 e. The molecule has 5 nitrogen and oxygen atoms in total. The number of halogens is 1. The molecule has 0 aliphatic heterocycles. The van der Waals surface area contributed by atoms with Crippen LogP contribution in [0, 0.1) is 6.92 Å². The van der Waals surface area contributed by atoms with Crippen LogP contribution < -0.4 is 4.72 Å². The molecule has 0 spiro atoms. The summed E-state index contributed by atoms with van der Waals surface area (Å²) in [7, 11) is -3.57. The van der Waals surface area contributed by atoms with Crippen LogP contribution in [0.4, 0.5) is 0 Å². The lowest BCUT2D eigenvalue weighted by Crippen LogP contribution is -2.38. The second-order valence-electron chi connectivity index (χ2n) is 5.25. The summed E-state index contributed by atoms with van der Waals surface area (Å²) in [6.07, 6.45) is 2.01. The number of hydrogen-bond donors (Lipinski definition) is 1. The van der Waals surface area contributed by atoms with Gasteiger partial charge >= 0.3 is 0 Å². The monoisotopic (exact) mass is 330 g/mol. The van der Waals surface area contributed by atoms with Gasteiger partial charge in [-0.3, -0.25) is 4.79 Å². The van der Waals surface area contributed by atoms with Crippen LogP contribution in [-0.4, -0.2) is 38.4 Å². The van der Waals surface area contributed by atoms with E-state index in [2.05, 4.69) is 4.72 Å². The largest absolute Gasteiger partial charge is 0.339 e. The fourth-order valence-electron chi connectivity index (χ4n) is 2.15. The fraction of sp³-hybridized carbons (Fsp3) is 0.500. The number of aryl methyl sites for hydroxylation is 1. The van der Waals surface area contributed by atoms with Crippen molar-refractivity contribution in [1.29, 1.82) is 0 Å². The lowest BCUT2D eigenvalue weighted by molar-refractivity contribution is -0.129. The SMILES string of the molecule is CC(=O)N(CCNS(=O)(=O)c1ccc(Cl)c(C)c1)C1CC1. The van der Waals surface area contributed by atoms with Crippen molar-refractivity contribution in [2.75, 3.05) is 13.1 Å². The number of amides is 1. The Hall–Kier alpha value is -1.11. The van der Waals surface area contributed by atoms with Gasteiger partial charge < -0.3 is 4.90 Å². The summed E-state index contributed by atoms with van der Waals surface area (Å²) in [6, 6.07) is 4.86. The van der Waals surface area contributed by atoms with Gasteiger partial charge in [0, 0.05) is 31.1 Å². The Morgan fingerprint density at radius 3 is 2.62 bits per heavy atom. The number of rotatable bonds is 6. The third-order valence-corrected chi connectivity index (χ3v) is 5.36. The predicted molar refractivity (Wildman–Crippen MR) is 81.8 cm³/mol. The Kier molecular flexibility index (Phi) is 4.91. The van der Waals surface area contributed by atoms with Gasteiger partial charge in [-0.2, -0.15) is 0 Å². The van der Waals surface area contributed by atoms with Crippen LogP contribution in [0.5, 0.6) is 0 Å². The number of carbonyl (C=O) groups excluding carboxylic acids is 1. The number of nitrogens with zero attached hydrogens (tertiary/aromatic N) is 1. The molecule has 0 saturated heterocycles. The minimum Gasteiger partial charge on any atom is -0.339 e. The highest BCUT2D eigenvalue weighted by atomic mass is 35.5. The summed E-state index contributed by atoms with van der Waals surface area (Å²) in [4.78, 5) is 13.4. The lowest BCUT2D eigenvalue weighted by atomic mass is 10.2. The molecule has 0 unspecified atom stereocenters. The molecule has 2 rings (SSSR count). The Labute approximate surface area is 130 Å². The Balaban J connectivity index is 1.97. The average Bonchev–Trinajstić information content (AvgIpc) is 3.21. The summed E-state index contributed by atoms with van der Waals surface area (Å²) in [5.41, 5.74) is 0.711. The third kappa shape index (κ3) is 4.18. The van der Waals surface area contributed by atoms with Crippen LogP contribution in [0.15, 0.2) is 23.1 Å². The average molecular weight is 331 g/mol. The van der Waals surface area contributed by atoms with Crippen molar-refractivity contribution in [2.24, 2.45) is 0 Å². The smallest absolute Gasteiger partial charge is 0.240 e. The van der Waals surface area contributed by atoms with Crippen LogP contribution in [0.3, 0.4) is 0 Å². The highest BCUT2D eigenvalue weighted by molar-refractivity contribution is 7.89. The quantitative estimate of drug-likeness (QED) is 0.866. The van der Waals surface area contributed by atoms with E-state index in [4.69, 9.17) is 11.6 Å². The Morgan fingerprint density at radius 1 is 1.43 bits per heavy atom. The zero-order valence-corrected chi connectivity index (χ0v) is 13.7. The molecule has 0 bridgehead atoms. The van der Waals surface area contributed by atoms with Gasteiger partial charge in [0.15, 0.2) is 0 Å². The van der Waals surface area contributed by atoms with Crippen molar-refractivity contribution in [1.82, 2.24) is 9.62 Å². The highest BCUT2D eigenvalue weighted by Crippen LogP contribution is 2.26. The van der Waals surface area contributed by atoms with Crippen molar-refractivity contribution in [3.63, 3.8) is 0 Å². The minimum atomic E-state index is -3.57. The Morgan fingerprint density at radius 2 is 2.10 bits per heavy atom. The van der Waals surface area contributed by atoms with Crippen LogP contribution >= 0.6 is 11.6 Å². The molecule has 1 fully saturated rings. The van der Waals surface area contributed by atoms with E-state index in [-0.39, 0.29) is 23.4 Å². The second-order valence-corrected chi connectivity index (χ2v) is 7.43. The predicted octanol–water partition coefficient (Wildman–Crippen LogP) is 1.94. The van der Waals surface area contributed by atoms with Crippen LogP contribution in [0.25, 0.3) is 0 Å². The van der Waals surface area contributed by atoms with Gasteiger partial charge in [0.05, 0.1) is 4.90 Å². The van der Waals surface area contributed by atoms with E-state index in [1.807, 2.05) is 0 Å². The van der Waals surface area contributed by atoms with Crippen molar-refractivity contribution in [2.45, 2.75) is 37.6 Å². The van der Waals surface area contributed by atoms with Crippen molar-refractivity contribution >= 4 is 27.5 Å². The van der Waals surface area contributed by atoms with Gasteiger partial charge in [0.2, 0.25) is 15.9 Å². The van der Waals surface area contributed by atoms with E-state index in [9.17, 15) is 13.2 Å². The highest BCUT2D eigenvalue weighted by Gasteiger charge is 2.30. The first-order chi connectivity index (χ1) is 9.81. The molecular formula is C14H19ClN2O3S. The summed E-state index contributed by atoms with van der Waals surface area (Å²) in [6.45, 7) is 3.87. The number of hydrogen-bond acceptors (Lipinski definition) is 3. The minimum absolute atomic E-state index is 0.0148. The van der Waals surface area contributed by atoms with Crippen molar-refractivity contribution in [3.05, 3.63) is 28.8 Å². The number of nitrogens with one attached hydrogen (secondary N) is 1. The van der Waals surface area contributed by atoms with Gasteiger partial charge in [-0.25, -0.2) is 13.1 Å². The van der Waals surface area contributed by atoms with E-state index in [0.717, 1.165) is 12.8 Å². The first-order valence-corrected chi connectivity index (χ1v) is 8.70. The molecule has 116 valence electrons. The number of benzene rings is 1. The van der Waals surface area contributed by atoms with Crippen molar-refractivity contribution < 1.29 is 13.2 Å². The van der Waals surface area contributed by atoms with E-state index in [1.165, 1.54) is 19.1 Å². The third-order valence-electron chi connectivity index (χ3n) is 3.48. The van der Waals surface area contributed by atoms with Crippen molar-refractivity contribution in [3.8, 4) is 0 Å². The first kappa shape index (κ1) is 16.3. The van der Waals surface area contributed by atoms with E-state index in [0.29, 0.717) is 17.1 Å². The maximum absolute atomic E-state index is 12.2. The maximum atomic E-state index is 12.2. The van der Waals surface area contributed by atoms with E-state index < -0.39 is 10.0 Å². The standard InChI is InChI=1S/C14H19ClN2O3S/c1-10-9-13(5-6-14(10)15)21(19,20)16-7-8-17(11(2)18)12-3-4-12/h5-6,9,12,16H,3-4,7-8H2,1-2H3. The van der Waals surface area contributed by atoms with Gasteiger partial charge in [-0.15, -0.1) is 0 Å². The molecule has 7 heteroatoms. The number of carbonyl (C=O) groups is 1. The molecule has 1 aliphatic rings. The lowest BCUT2D eigenvalue weighted by Gasteiger charge is -2.20. The first-order valence-electron chi connectivity index (χ1n) is 6.84. The molecule has 1 aliphatic carbocycles. The van der Waals surface area contributed by atoms with E-state index >= 15 is 0 Å². The molecule has 21 heavy (non-hydrogen) atoms. The molecule has 1 aromatic rings. The fourth-order valence-corrected chi connectivity index (χ4v) is 3.37. The summed E-state index contributed by atoms with van der Waals surface area (Å²) in [5.74, 6) is -0.0148. The van der Waals surface area contributed by atoms with Gasteiger partial charge in [-0.1, -0.05) is 11.6 Å². The molecular weight excluding hydrogens is 312 g/mol. The summed E-state index contributed by atoms with van der Waals surface area (Å²) < 4.78 is 26.9. The number of sulfonamides is 1. The summed E-state index contributed by atoms with van der Waals surface area (Å²) >= 11 is 5.89. The zero-order valence-electron chi connectivity index (χ0n) is 12.1. The molecule has 0 heterocycles.